The molecule has 0 aromatic carbocycles. The van der Waals surface area contributed by atoms with E-state index in [0.29, 0.717) is 12.5 Å². The second kappa shape index (κ2) is 3.09. The van der Waals surface area contributed by atoms with Crippen LogP contribution in [0.25, 0.3) is 0 Å². The lowest BCUT2D eigenvalue weighted by atomic mass is 10.7. The number of aliphatic hydroxyl groups excluding tert-OH is 1. The summed E-state index contributed by atoms with van der Waals surface area (Å²) in [5, 5.41) is 11.2. The number of hydrogen-bond acceptors (Lipinski definition) is 3. The second-order valence-corrected chi connectivity index (χ2v) is 1.59. The van der Waals surface area contributed by atoms with E-state index in [1.165, 1.54) is 0 Å². The van der Waals surface area contributed by atoms with Crippen LogP contribution in [0.1, 0.15) is 0 Å². The molecule has 0 atom stereocenters. The molecule has 3 N–H and O–H groups in total. The fourth-order valence-corrected chi connectivity index (χ4v) is 0.536. The maximum atomic E-state index is 8.36. The van der Waals surface area contributed by atoms with Gasteiger partial charge in [-0.3, -0.25) is 0 Å². The van der Waals surface area contributed by atoms with Crippen LogP contribution in [0, 0.1) is 0 Å². The quantitative estimate of drug-likeness (QED) is 0.527. The Balaban J connectivity index is 2.30. The molecule has 4 heteroatoms. The van der Waals surface area contributed by atoms with E-state index in [4.69, 9.17) is 5.11 Å². The Morgan fingerprint density at radius 1 is 1.78 bits per heavy atom. The van der Waals surface area contributed by atoms with Gasteiger partial charge < -0.3 is 15.4 Å². The van der Waals surface area contributed by atoms with Crippen LogP contribution in [0.2, 0.25) is 0 Å². The van der Waals surface area contributed by atoms with Gasteiger partial charge in [-0.15, -0.1) is 0 Å². The van der Waals surface area contributed by atoms with Crippen LogP contribution in [-0.4, -0.2) is 28.2 Å². The summed E-state index contributed by atoms with van der Waals surface area (Å²) in [6.45, 7) is 0.661. The topological polar surface area (TPSA) is 60.9 Å². The highest BCUT2D eigenvalue weighted by atomic mass is 16.3. The molecule has 4 nitrogen and oxygen atoms in total. The van der Waals surface area contributed by atoms with Gasteiger partial charge in [0, 0.05) is 18.9 Å². The van der Waals surface area contributed by atoms with Gasteiger partial charge in [0.15, 0.2) is 5.95 Å². The van der Waals surface area contributed by atoms with Gasteiger partial charge in [-0.25, -0.2) is 4.98 Å². The zero-order chi connectivity index (χ0) is 6.53. The molecule has 0 spiro atoms. The minimum Gasteiger partial charge on any atom is -0.395 e. The van der Waals surface area contributed by atoms with E-state index in [9.17, 15) is 0 Å². The Kier molecular flexibility index (Phi) is 2.09. The van der Waals surface area contributed by atoms with E-state index in [-0.39, 0.29) is 6.61 Å². The minimum absolute atomic E-state index is 0.126. The molecule has 0 saturated heterocycles. The predicted molar refractivity (Wildman–Crippen MR) is 34.2 cm³/mol. The molecule has 9 heavy (non-hydrogen) atoms. The summed E-state index contributed by atoms with van der Waals surface area (Å²) in [4.78, 5) is 6.71. The Labute approximate surface area is 52.9 Å². The molecule has 0 aliphatic heterocycles. The first-order chi connectivity index (χ1) is 4.43. The number of hydrogen-bond donors (Lipinski definition) is 3. The molecule has 0 amide bonds. The van der Waals surface area contributed by atoms with Crippen molar-refractivity contribution in [2.75, 3.05) is 18.5 Å². The average Bonchev–Trinajstić information content (AvgIpc) is 2.34. The molecule has 0 aliphatic carbocycles. The third-order valence-corrected chi connectivity index (χ3v) is 0.902. The summed E-state index contributed by atoms with van der Waals surface area (Å²) in [5.74, 6) is 0.698. The van der Waals surface area contributed by atoms with Gasteiger partial charge in [-0.05, 0) is 0 Å². The lowest BCUT2D eigenvalue weighted by molar-refractivity contribution is 0.311. The second-order valence-electron chi connectivity index (χ2n) is 1.59. The normalized spacial score (nSPS) is 9.44. The summed E-state index contributed by atoms with van der Waals surface area (Å²) in [5.41, 5.74) is 0. The number of nitrogens with one attached hydrogen (secondary N) is 2. The number of anilines is 1. The Morgan fingerprint density at radius 2 is 2.67 bits per heavy atom. The number of imidazole rings is 1. The van der Waals surface area contributed by atoms with Gasteiger partial charge in [0.25, 0.3) is 0 Å². The first kappa shape index (κ1) is 6.10. The van der Waals surface area contributed by atoms with Crippen LogP contribution in [0.5, 0.6) is 0 Å². The molecular formula is C5H9N3O. The first-order valence-corrected chi connectivity index (χ1v) is 2.77. The SMILES string of the molecule is OCCNc1ncc[nH]1. The molecule has 1 aromatic heterocycles. The van der Waals surface area contributed by atoms with Crippen molar-refractivity contribution >= 4 is 5.95 Å². The highest BCUT2D eigenvalue weighted by molar-refractivity contribution is 5.22. The summed E-state index contributed by atoms with van der Waals surface area (Å²) in [6.07, 6.45) is 3.37. The van der Waals surface area contributed by atoms with Crippen LogP contribution >= 0.6 is 0 Å². The standard InChI is InChI=1S/C5H9N3O/c9-4-3-8-5-6-1-2-7-5/h1-2,9H,3-4H2,(H2,6,7,8). The molecule has 0 unspecified atom stereocenters. The maximum absolute atomic E-state index is 8.36. The van der Waals surface area contributed by atoms with E-state index in [1.54, 1.807) is 12.4 Å². The average molecular weight is 127 g/mol. The molecule has 0 aliphatic rings. The lowest BCUT2D eigenvalue weighted by Crippen LogP contribution is -2.06. The highest BCUT2D eigenvalue weighted by Crippen LogP contribution is 1.91. The van der Waals surface area contributed by atoms with Crippen molar-refractivity contribution in [1.82, 2.24) is 9.97 Å². The number of H-pyrrole nitrogens is 1. The third kappa shape index (κ3) is 1.73. The highest BCUT2D eigenvalue weighted by Gasteiger charge is 1.87. The van der Waals surface area contributed by atoms with E-state index in [2.05, 4.69) is 15.3 Å². The molecule has 1 aromatic rings. The molecule has 1 rings (SSSR count). The number of nitrogens with zero attached hydrogens (tertiary/aromatic N) is 1. The van der Waals surface area contributed by atoms with Crippen LogP contribution in [-0.2, 0) is 0 Å². The Hall–Kier alpha value is -1.03. The van der Waals surface area contributed by atoms with Gasteiger partial charge in [0.1, 0.15) is 0 Å². The summed E-state index contributed by atoms with van der Waals surface area (Å²) in [6, 6.07) is 0. The van der Waals surface area contributed by atoms with Crippen molar-refractivity contribution in [3.8, 4) is 0 Å². The number of aliphatic hydroxyl groups is 1. The van der Waals surface area contributed by atoms with Crippen molar-refractivity contribution in [3.05, 3.63) is 12.4 Å². The zero-order valence-electron chi connectivity index (χ0n) is 4.96. The predicted octanol–water partition coefficient (Wildman–Crippen LogP) is -0.186. The van der Waals surface area contributed by atoms with Crippen molar-refractivity contribution in [2.45, 2.75) is 0 Å². The van der Waals surface area contributed by atoms with E-state index in [1.807, 2.05) is 0 Å². The van der Waals surface area contributed by atoms with Gasteiger partial charge in [-0.1, -0.05) is 0 Å². The minimum atomic E-state index is 0.126. The summed E-state index contributed by atoms with van der Waals surface area (Å²) < 4.78 is 0. The Morgan fingerprint density at radius 3 is 3.22 bits per heavy atom. The van der Waals surface area contributed by atoms with Crippen molar-refractivity contribution < 1.29 is 5.11 Å². The smallest absolute Gasteiger partial charge is 0.200 e. The van der Waals surface area contributed by atoms with Gasteiger partial charge in [0.2, 0.25) is 0 Å². The van der Waals surface area contributed by atoms with Gasteiger partial charge in [-0.2, -0.15) is 0 Å². The fourth-order valence-electron chi connectivity index (χ4n) is 0.536. The number of aromatic amines is 1. The van der Waals surface area contributed by atoms with Gasteiger partial charge in [0.05, 0.1) is 6.61 Å². The Bertz CT molecular complexity index is 149. The largest absolute Gasteiger partial charge is 0.395 e. The van der Waals surface area contributed by atoms with E-state index in [0.717, 1.165) is 0 Å². The maximum Gasteiger partial charge on any atom is 0.200 e. The van der Waals surface area contributed by atoms with Crippen LogP contribution < -0.4 is 5.32 Å². The number of rotatable bonds is 3. The molecule has 0 saturated carbocycles. The number of aromatic nitrogens is 2. The summed E-state index contributed by atoms with van der Waals surface area (Å²) in [7, 11) is 0. The van der Waals surface area contributed by atoms with Gasteiger partial charge >= 0.3 is 0 Å². The molecule has 0 radical (unpaired) electrons. The zero-order valence-corrected chi connectivity index (χ0v) is 4.96. The molecular weight excluding hydrogens is 118 g/mol. The van der Waals surface area contributed by atoms with E-state index < -0.39 is 0 Å². The van der Waals surface area contributed by atoms with Crippen LogP contribution in [0.15, 0.2) is 12.4 Å². The molecule has 0 bridgehead atoms. The first-order valence-electron chi connectivity index (χ1n) is 2.77. The third-order valence-electron chi connectivity index (χ3n) is 0.902. The van der Waals surface area contributed by atoms with E-state index >= 15 is 0 Å². The molecule has 50 valence electrons. The van der Waals surface area contributed by atoms with Crippen molar-refractivity contribution in [3.63, 3.8) is 0 Å². The summed E-state index contributed by atoms with van der Waals surface area (Å²) >= 11 is 0. The fraction of sp³-hybridized carbons (Fsp3) is 0.400. The molecule has 0 fully saturated rings. The lowest BCUT2D eigenvalue weighted by Gasteiger charge is -1.95. The van der Waals surface area contributed by atoms with Crippen LogP contribution in [0.3, 0.4) is 0 Å². The van der Waals surface area contributed by atoms with Crippen molar-refractivity contribution in [1.29, 1.82) is 0 Å². The molecule has 1 heterocycles. The monoisotopic (exact) mass is 127 g/mol. The van der Waals surface area contributed by atoms with Crippen LogP contribution in [0.4, 0.5) is 5.95 Å². The van der Waals surface area contributed by atoms with Crippen molar-refractivity contribution in [2.24, 2.45) is 0 Å².